The van der Waals surface area contributed by atoms with Gasteiger partial charge >= 0.3 is 0 Å². The Morgan fingerprint density at radius 3 is 2.44 bits per heavy atom. The molecule has 27 heavy (non-hydrogen) atoms. The molecular weight excluding hydrogens is 366 g/mol. The highest BCUT2D eigenvalue weighted by atomic mass is 32.2. The van der Waals surface area contributed by atoms with Crippen molar-refractivity contribution in [2.24, 2.45) is 11.8 Å². The number of piperidine rings is 1. The average Bonchev–Trinajstić information content (AvgIpc) is 3.37. The Labute approximate surface area is 161 Å². The van der Waals surface area contributed by atoms with Crippen LogP contribution in [0.1, 0.15) is 25.3 Å². The molecule has 0 amide bonds. The zero-order chi connectivity index (χ0) is 19.2. The molecule has 7 heteroatoms. The van der Waals surface area contributed by atoms with E-state index in [0.29, 0.717) is 19.1 Å². The molecule has 3 aliphatic rings. The van der Waals surface area contributed by atoms with E-state index in [-0.39, 0.29) is 17.2 Å². The summed E-state index contributed by atoms with van der Waals surface area (Å²) in [5.74, 6) is -0.621. The first-order chi connectivity index (χ1) is 12.8. The summed E-state index contributed by atoms with van der Waals surface area (Å²) in [5.41, 5.74) is 1.00. The Morgan fingerprint density at radius 1 is 1.22 bits per heavy atom. The number of sulfone groups is 1. The Morgan fingerprint density at radius 2 is 1.89 bits per heavy atom. The van der Waals surface area contributed by atoms with Gasteiger partial charge in [0.15, 0.2) is 15.6 Å². The summed E-state index contributed by atoms with van der Waals surface area (Å²) in [6, 6.07) is 6.86. The third-order valence-corrected chi connectivity index (χ3v) is 8.59. The van der Waals surface area contributed by atoms with Crippen molar-refractivity contribution in [2.75, 3.05) is 32.8 Å². The minimum Gasteiger partial charge on any atom is -0.391 e. The highest BCUT2D eigenvalue weighted by molar-refractivity contribution is 7.92. The molecule has 0 saturated carbocycles. The summed E-state index contributed by atoms with van der Waals surface area (Å²) in [4.78, 5) is 2.57. The van der Waals surface area contributed by atoms with Crippen molar-refractivity contribution in [1.29, 1.82) is 0 Å². The highest BCUT2D eigenvalue weighted by Gasteiger charge is 2.50. The van der Waals surface area contributed by atoms with Gasteiger partial charge in [-0.2, -0.15) is 0 Å². The zero-order valence-corrected chi connectivity index (χ0v) is 16.8. The molecule has 150 valence electrons. The van der Waals surface area contributed by atoms with Gasteiger partial charge in [-0.3, -0.25) is 0 Å². The van der Waals surface area contributed by atoms with Crippen LogP contribution in [0.5, 0.6) is 0 Å². The number of hydrogen-bond acceptors (Lipinski definition) is 6. The van der Waals surface area contributed by atoms with Gasteiger partial charge in [-0.05, 0) is 44.9 Å². The third-order valence-electron chi connectivity index (χ3n) is 6.42. The lowest BCUT2D eigenvalue weighted by Gasteiger charge is -2.35. The fourth-order valence-electron chi connectivity index (χ4n) is 4.84. The van der Waals surface area contributed by atoms with Crippen molar-refractivity contribution in [3.05, 3.63) is 29.8 Å². The summed E-state index contributed by atoms with van der Waals surface area (Å²) in [6.07, 6.45) is 0.230. The lowest BCUT2D eigenvalue weighted by atomic mass is 9.85. The molecule has 5 unspecified atom stereocenters. The van der Waals surface area contributed by atoms with Crippen LogP contribution < -0.4 is 0 Å². The van der Waals surface area contributed by atoms with E-state index < -0.39 is 27.0 Å². The minimum absolute atomic E-state index is 0.0195. The number of aryl methyl sites for hydroxylation is 1. The molecule has 1 N–H and O–H groups in total. The van der Waals surface area contributed by atoms with Gasteiger partial charge in [0.25, 0.3) is 0 Å². The zero-order valence-electron chi connectivity index (χ0n) is 16.0. The van der Waals surface area contributed by atoms with Gasteiger partial charge in [0.1, 0.15) is 0 Å². The quantitative estimate of drug-likeness (QED) is 0.789. The smallest absolute Gasteiger partial charge is 0.183 e. The summed E-state index contributed by atoms with van der Waals surface area (Å²) in [5, 5.41) is 10.3. The van der Waals surface area contributed by atoms with E-state index in [4.69, 9.17) is 9.47 Å². The topological polar surface area (TPSA) is 76.1 Å². The number of benzene rings is 1. The standard InChI is InChI=1S/C20H29NO5S/c1-14-3-5-16(6-4-14)27(23,24)18(11-20(2)25-9-10-26-20)19(22)17-13-21-8-7-15(17)12-21/h3-6,15,17-19,22H,7-13H2,1-2H3. The van der Waals surface area contributed by atoms with E-state index in [2.05, 4.69) is 4.90 Å². The van der Waals surface area contributed by atoms with Crippen molar-refractivity contribution in [3.63, 3.8) is 0 Å². The van der Waals surface area contributed by atoms with E-state index in [1.807, 2.05) is 6.92 Å². The van der Waals surface area contributed by atoms with Crippen molar-refractivity contribution in [2.45, 2.75) is 48.7 Å². The van der Waals surface area contributed by atoms with Crippen molar-refractivity contribution < 1.29 is 23.0 Å². The molecule has 0 spiro atoms. The largest absolute Gasteiger partial charge is 0.391 e. The summed E-state index contributed by atoms with van der Waals surface area (Å²) < 4.78 is 38.4. The van der Waals surface area contributed by atoms with Crippen LogP contribution >= 0.6 is 0 Å². The molecule has 3 saturated heterocycles. The molecule has 2 bridgehead atoms. The maximum Gasteiger partial charge on any atom is 0.183 e. The molecular formula is C20H29NO5S. The normalized spacial score (nSPS) is 31.9. The highest BCUT2D eigenvalue weighted by Crippen LogP contribution is 2.40. The van der Waals surface area contributed by atoms with Gasteiger partial charge in [0.2, 0.25) is 0 Å². The Balaban J connectivity index is 1.65. The molecule has 5 atom stereocenters. The first kappa shape index (κ1) is 19.3. The number of nitrogens with zero attached hydrogens (tertiary/aromatic N) is 1. The van der Waals surface area contributed by atoms with Gasteiger partial charge in [-0.1, -0.05) is 17.7 Å². The SMILES string of the molecule is Cc1ccc(S(=O)(=O)C(CC2(C)OCCO2)C(O)C2CN3CCC2C3)cc1. The monoisotopic (exact) mass is 395 g/mol. The van der Waals surface area contributed by atoms with E-state index in [9.17, 15) is 13.5 Å². The Hall–Kier alpha value is -0.990. The number of hydrogen-bond donors (Lipinski definition) is 1. The molecule has 0 radical (unpaired) electrons. The second-order valence-corrected chi connectivity index (χ2v) is 10.6. The van der Waals surface area contributed by atoms with Crippen LogP contribution in [0.3, 0.4) is 0 Å². The first-order valence-electron chi connectivity index (χ1n) is 9.77. The van der Waals surface area contributed by atoms with Gasteiger partial charge < -0.3 is 19.5 Å². The predicted molar refractivity (Wildman–Crippen MR) is 101 cm³/mol. The van der Waals surface area contributed by atoms with Crippen LogP contribution in [-0.2, 0) is 19.3 Å². The van der Waals surface area contributed by atoms with Crippen molar-refractivity contribution in [3.8, 4) is 0 Å². The van der Waals surface area contributed by atoms with E-state index in [1.54, 1.807) is 31.2 Å². The minimum atomic E-state index is -3.73. The lowest BCUT2D eigenvalue weighted by molar-refractivity contribution is -0.151. The maximum atomic E-state index is 13.5. The molecule has 3 aliphatic heterocycles. The van der Waals surface area contributed by atoms with Gasteiger partial charge in [0, 0.05) is 25.4 Å². The number of ether oxygens (including phenoxy) is 2. The molecule has 3 heterocycles. The molecule has 6 nitrogen and oxygen atoms in total. The first-order valence-corrected chi connectivity index (χ1v) is 11.3. The van der Waals surface area contributed by atoms with E-state index >= 15 is 0 Å². The number of aliphatic hydroxyl groups is 1. The van der Waals surface area contributed by atoms with Crippen LogP contribution in [0.25, 0.3) is 0 Å². The molecule has 0 aromatic heterocycles. The van der Waals surface area contributed by atoms with E-state index in [1.165, 1.54) is 0 Å². The van der Waals surface area contributed by atoms with Crippen LogP contribution in [-0.4, -0.2) is 68.4 Å². The van der Waals surface area contributed by atoms with Crippen molar-refractivity contribution >= 4 is 9.84 Å². The Bertz CT molecular complexity index is 772. The summed E-state index contributed by atoms with van der Waals surface area (Å²) in [6.45, 7) is 7.37. The van der Waals surface area contributed by atoms with Gasteiger partial charge in [0.05, 0.1) is 29.5 Å². The number of rotatable bonds is 6. The van der Waals surface area contributed by atoms with E-state index in [0.717, 1.165) is 31.6 Å². The maximum absolute atomic E-state index is 13.5. The fourth-order valence-corrected chi connectivity index (χ4v) is 6.80. The molecule has 1 aromatic rings. The Kier molecular flexibility index (Phi) is 5.10. The van der Waals surface area contributed by atoms with Crippen molar-refractivity contribution in [1.82, 2.24) is 4.90 Å². The summed E-state index contributed by atoms with van der Waals surface area (Å²) >= 11 is 0. The molecule has 3 fully saturated rings. The van der Waals surface area contributed by atoms with Gasteiger partial charge in [-0.15, -0.1) is 0 Å². The van der Waals surface area contributed by atoms with Crippen LogP contribution in [0.15, 0.2) is 29.2 Å². The van der Waals surface area contributed by atoms with Crippen LogP contribution in [0, 0.1) is 18.8 Å². The predicted octanol–water partition coefficient (Wildman–Crippen LogP) is 1.60. The third kappa shape index (κ3) is 3.68. The number of fused-ring (bicyclic) bond motifs is 2. The van der Waals surface area contributed by atoms with Gasteiger partial charge in [-0.25, -0.2) is 8.42 Å². The second kappa shape index (κ2) is 7.12. The second-order valence-electron chi connectivity index (χ2n) is 8.39. The molecule has 4 rings (SSSR count). The molecule has 0 aliphatic carbocycles. The average molecular weight is 396 g/mol. The summed E-state index contributed by atoms with van der Waals surface area (Å²) in [7, 11) is -3.73. The van der Waals surface area contributed by atoms with Crippen LogP contribution in [0.2, 0.25) is 0 Å². The fraction of sp³-hybridized carbons (Fsp3) is 0.700. The van der Waals surface area contributed by atoms with Crippen LogP contribution in [0.4, 0.5) is 0 Å². The molecule has 1 aromatic carbocycles. The number of aliphatic hydroxyl groups excluding tert-OH is 1. The lowest BCUT2D eigenvalue weighted by Crippen LogP contribution is -2.47.